The van der Waals surface area contributed by atoms with E-state index in [0.29, 0.717) is 6.54 Å². The van der Waals surface area contributed by atoms with E-state index in [1.54, 1.807) is 11.3 Å². The third-order valence-electron chi connectivity index (χ3n) is 4.35. The summed E-state index contributed by atoms with van der Waals surface area (Å²) in [4.78, 5) is 23.9. The summed E-state index contributed by atoms with van der Waals surface area (Å²) in [6, 6.07) is 8.20. The zero-order valence-corrected chi connectivity index (χ0v) is 17.3. The number of nitrogens with one attached hydrogen (secondary N) is 1. The Morgan fingerprint density at radius 1 is 1.15 bits per heavy atom. The van der Waals surface area contributed by atoms with Crippen molar-refractivity contribution in [2.75, 3.05) is 0 Å². The third kappa shape index (κ3) is 4.07. The van der Waals surface area contributed by atoms with Crippen LogP contribution in [0.3, 0.4) is 0 Å². The van der Waals surface area contributed by atoms with Crippen molar-refractivity contribution in [1.29, 1.82) is 0 Å². The number of fused-ring (bicyclic) bond motifs is 1. The van der Waals surface area contributed by atoms with E-state index < -0.39 is 0 Å². The molecule has 6 heteroatoms. The molecule has 1 unspecified atom stereocenters. The van der Waals surface area contributed by atoms with Crippen LogP contribution >= 0.6 is 23.1 Å². The highest BCUT2D eigenvalue weighted by atomic mass is 32.2. The van der Waals surface area contributed by atoms with Crippen molar-refractivity contribution in [3.05, 3.63) is 51.7 Å². The number of amides is 1. The van der Waals surface area contributed by atoms with Gasteiger partial charge in [0.05, 0.1) is 5.25 Å². The van der Waals surface area contributed by atoms with Gasteiger partial charge in [0.15, 0.2) is 0 Å². The summed E-state index contributed by atoms with van der Waals surface area (Å²) >= 11 is 3.19. The molecule has 1 amide bonds. The lowest BCUT2D eigenvalue weighted by Crippen LogP contribution is -2.30. The van der Waals surface area contributed by atoms with Crippen LogP contribution < -0.4 is 5.32 Å². The topological polar surface area (TPSA) is 54.9 Å². The fraction of sp³-hybridized carbons (Fsp3) is 0.350. The molecule has 2 aromatic heterocycles. The number of rotatable bonds is 5. The molecule has 0 spiro atoms. The molecule has 26 heavy (non-hydrogen) atoms. The summed E-state index contributed by atoms with van der Waals surface area (Å²) in [5.41, 5.74) is 3.53. The van der Waals surface area contributed by atoms with Crippen molar-refractivity contribution in [3.63, 3.8) is 0 Å². The van der Waals surface area contributed by atoms with E-state index in [9.17, 15) is 4.79 Å². The molecular formula is C20H23N3OS2. The van der Waals surface area contributed by atoms with Crippen LogP contribution in [0.4, 0.5) is 0 Å². The summed E-state index contributed by atoms with van der Waals surface area (Å²) in [5, 5.41) is 4.78. The van der Waals surface area contributed by atoms with Crippen molar-refractivity contribution in [2.45, 2.75) is 51.4 Å². The van der Waals surface area contributed by atoms with E-state index in [0.717, 1.165) is 26.6 Å². The van der Waals surface area contributed by atoms with Crippen LogP contribution in [0.15, 0.2) is 29.3 Å². The first-order valence-electron chi connectivity index (χ1n) is 8.59. The minimum Gasteiger partial charge on any atom is -0.351 e. The van der Waals surface area contributed by atoms with Crippen LogP contribution in [-0.4, -0.2) is 21.1 Å². The average Bonchev–Trinajstić information content (AvgIpc) is 2.88. The molecule has 0 aliphatic rings. The number of aryl methyl sites for hydroxylation is 4. The van der Waals surface area contributed by atoms with Gasteiger partial charge < -0.3 is 5.32 Å². The highest BCUT2D eigenvalue weighted by Gasteiger charge is 2.20. The molecule has 2 heterocycles. The Morgan fingerprint density at radius 3 is 2.54 bits per heavy atom. The Balaban J connectivity index is 1.73. The Labute approximate surface area is 162 Å². The van der Waals surface area contributed by atoms with Crippen molar-refractivity contribution in [1.82, 2.24) is 15.3 Å². The number of nitrogens with zero attached hydrogens (tertiary/aromatic N) is 2. The second kappa shape index (κ2) is 7.76. The van der Waals surface area contributed by atoms with Gasteiger partial charge in [-0.15, -0.1) is 11.3 Å². The fourth-order valence-electron chi connectivity index (χ4n) is 2.66. The van der Waals surface area contributed by atoms with Gasteiger partial charge in [-0.1, -0.05) is 41.6 Å². The molecule has 0 radical (unpaired) electrons. The molecule has 0 saturated heterocycles. The zero-order chi connectivity index (χ0) is 18.8. The maximum absolute atomic E-state index is 12.5. The molecule has 0 saturated carbocycles. The largest absolute Gasteiger partial charge is 0.351 e. The van der Waals surface area contributed by atoms with Gasteiger partial charge in [0, 0.05) is 16.8 Å². The number of thioether (sulfide) groups is 1. The number of benzene rings is 1. The Hall–Kier alpha value is -1.92. The van der Waals surface area contributed by atoms with Gasteiger partial charge in [0.25, 0.3) is 0 Å². The Morgan fingerprint density at radius 2 is 1.85 bits per heavy atom. The van der Waals surface area contributed by atoms with Crippen LogP contribution in [0.25, 0.3) is 10.2 Å². The van der Waals surface area contributed by atoms with Crippen molar-refractivity contribution in [3.8, 4) is 0 Å². The lowest BCUT2D eigenvalue weighted by Gasteiger charge is -2.13. The molecule has 0 bridgehead atoms. The summed E-state index contributed by atoms with van der Waals surface area (Å²) in [6.45, 7) is 10.6. The lowest BCUT2D eigenvalue weighted by atomic mass is 10.1. The Kier molecular flexibility index (Phi) is 5.63. The summed E-state index contributed by atoms with van der Waals surface area (Å²) < 4.78 is 0. The van der Waals surface area contributed by atoms with Crippen molar-refractivity contribution < 1.29 is 4.79 Å². The van der Waals surface area contributed by atoms with E-state index >= 15 is 0 Å². The predicted molar refractivity (Wildman–Crippen MR) is 110 cm³/mol. The lowest BCUT2D eigenvalue weighted by molar-refractivity contribution is -0.120. The quantitative estimate of drug-likeness (QED) is 0.510. The van der Waals surface area contributed by atoms with Crippen molar-refractivity contribution >= 4 is 39.2 Å². The van der Waals surface area contributed by atoms with Gasteiger partial charge in [-0.05, 0) is 45.7 Å². The van der Waals surface area contributed by atoms with Gasteiger partial charge in [-0.25, -0.2) is 9.97 Å². The molecule has 1 N–H and O–H groups in total. The molecular weight excluding hydrogens is 362 g/mol. The number of carbonyl (C=O) groups excluding carboxylic acids is 1. The normalized spacial score (nSPS) is 12.3. The molecule has 1 atom stereocenters. The number of carbonyl (C=O) groups is 1. The first kappa shape index (κ1) is 18.9. The molecule has 3 aromatic rings. The highest BCUT2D eigenvalue weighted by Crippen LogP contribution is 2.36. The van der Waals surface area contributed by atoms with E-state index in [2.05, 4.69) is 48.2 Å². The SMILES string of the molecule is Cc1ccc(CNC(=O)C(C)Sc2nc(C)nc3sc(C)c(C)c23)cc1. The fourth-order valence-corrected chi connectivity index (χ4v) is 4.88. The second-order valence-electron chi connectivity index (χ2n) is 6.50. The summed E-state index contributed by atoms with van der Waals surface area (Å²) in [6.07, 6.45) is 0. The van der Waals surface area contributed by atoms with Gasteiger partial charge in [-0.2, -0.15) is 0 Å². The van der Waals surface area contributed by atoms with E-state index in [1.807, 2.05) is 26.0 Å². The van der Waals surface area contributed by atoms with Gasteiger partial charge >= 0.3 is 0 Å². The zero-order valence-electron chi connectivity index (χ0n) is 15.7. The maximum atomic E-state index is 12.5. The number of hydrogen-bond donors (Lipinski definition) is 1. The smallest absolute Gasteiger partial charge is 0.233 e. The van der Waals surface area contributed by atoms with Crippen molar-refractivity contribution in [2.24, 2.45) is 0 Å². The Bertz CT molecular complexity index is 948. The minimum absolute atomic E-state index is 0.0181. The molecule has 0 aliphatic heterocycles. The van der Waals surface area contributed by atoms with Gasteiger partial charge in [0.1, 0.15) is 15.7 Å². The molecule has 136 valence electrons. The van der Waals surface area contributed by atoms with Gasteiger partial charge in [0.2, 0.25) is 5.91 Å². The minimum atomic E-state index is -0.224. The van der Waals surface area contributed by atoms with Gasteiger partial charge in [-0.3, -0.25) is 4.79 Å². The van der Waals surface area contributed by atoms with Crippen LogP contribution in [0, 0.1) is 27.7 Å². The van der Waals surface area contributed by atoms with Crippen LogP contribution in [0.2, 0.25) is 0 Å². The molecule has 3 rings (SSSR count). The maximum Gasteiger partial charge on any atom is 0.233 e. The molecule has 0 fully saturated rings. The number of hydrogen-bond acceptors (Lipinski definition) is 5. The van der Waals surface area contributed by atoms with E-state index in [-0.39, 0.29) is 11.2 Å². The van der Waals surface area contributed by atoms with E-state index in [1.165, 1.54) is 27.8 Å². The summed E-state index contributed by atoms with van der Waals surface area (Å²) in [7, 11) is 0. The molecule has 0 aliphatic carbocycles. The number of thiophene rings is 1. The molecule has 4 nitrogen and oxygen atoms in total. The third-order valence-corrected chi connectivity index (χ3v) is 6.54. The van der Waals surface area contributed by atoms with E-state index in [4.69, 9.17) is 0 Å². The second-order valence-corrected chi connectivity index (χ2v) is 9.04. The van der Waals surface area contributed by atoms with Crippen LogP contribution in [-0.2, 0) is 11.3 Å². The molecule has 1 aromatic carbocycles. The van der Waals surface area contributed by atoms with Crippen LogP contribution in [0.1, 0.15) is 34.3 Å². The standard InChI is InChI=1S/C20H23N3OS2/c1-11-6-8-16(9-7-11)10-21-18(24)14(4)26-20-17-12(2)13(3)25-19(17)22-15(5)23-20/h6-9,14H,10H2,1-5H3,(H,21,24). The first-order chi connectivity index (χ1) is 12.3. The highest BCUT2D eigenvalue weighted by molar-refractivity contribution is 8.00. The monoisotopic (exact) mass is 385 g/mol. The number of aromatic nitrogens is 2. The summed E-state index contributed by atoms with van der Waals surface area (Å²) in [5.74, 6) is 0.762. The first-order valence-corrected chi connectivity index (χ1v) is 10.3. The predicted octanol–water partition coefficient (Wildman–Crippen LogP) is 4.72. The average molecular weight is 386 g/mol. The van der Waals surface area contributed by atoms with Crippen LogP contribution in [0.5, 0.6) is 0 Å².